The zero-order valence-electron chi connectivity index (χ0n) is 15.2. The predicted molar refractivity (Wildman–Crippen MR) is 104 cm³/mol. The third-order valence-corrected chi connectivity index (χ3v) is 7.91. The molecule has 1 aliphatic heterocycles. The highest BCUT2D eigenvalue weighted by atomic mass is 79.9. The molecule has 6 unspecified atom stereocenters. The van der Waals surface area contributed by atoms with E-state index >= 15 is 0 Å². The molecule has 3 fully saturated rings. The van der Waals surface area contributed by atoms with Crippen molar-refractivity contribution < 1.29 is 14.4 Å². The second-order valence-electron chi connectivity index (χ2n) is 8.31. The molecule has 2 bridgehead atoms. The van der Waals surface area contributed by atoms with Gasteiger partial charge in [-0.15, -0.1) is 0 Å². The van der Waals surface area contributed by atoms with E-state index in [0.29, 0.717) is 17.5 Å². The number of hydrogen-bond acceptors (Lipinski definition) is 3. The number of rotatable bonds is 3. The lowest BCUT2D eigenvalue weighted by Crippen LogP contribution is -2.40. The number of carbonyl (C=O) groups excluding carboxylic acids is 3. The molecule has 3 amide bonds. The highest BCUT2D eigenvalue weighted by Crippen LogP contribution is 2.65. The minimum atomic E-state index is -0.328. The molecule has 1 N–H and O–H groups in total. The Balaban J connectivity index is 1.33. The number of nitrogens with zero attached hydrogens (tertiary/aromatic N) is 1. The lowest BCUT2D eigenvalue weighted by molar-refractivity contribution is -0.142. The minimum Gasteiger partial charge on any atom is -0.324 e. The highest BCUT2D eigenvalue weighted by Gasteiger charge is 2.67. The van der Waals surface area contributed by atoms with Crippen molar-refractivity contribution in [3.8, 4) is 0 Å². The number of allylic oxidation sites excluding steroid dienone is 2. The molecule has 1 aromatic rings. The summed E-state index contributed by atoms with van der Waals surface area (Å²) in [4.78, 5) is 39.7. The standard InChI is InChI=1S/C21H21BrN2O3/c1-9-10(2)16(6-5-15(9)22)23-17(25)8-24-20(26)18-11-3-4-12(14-7-13(11)14)19(18)21(24)27/h3-6,11-14,18-19H,7-8H2,1-2H3,(H,23,25). The summed E-state index contributed by atoms with van der Waals surface area (Å²) < 4.78 is 0.980. The van der Waals surface area contributed by atoms with Gasteiger partial charge in [-0.05, 0) is 67.2 Å². The maximum Gasteiger partial charge on any atom is 0.244 e. The SMILES string of the molecule is Cc1c(Br)ccc(NC(=O)CN2C(=O)C3C4C=CC(C5CC45)C3C2=O)c1C. The first-order chi connectivity index (χ1) is 12.9. The van der Waals surface area contributed by atoms with E-state index < -0.39 is 0 Å². The summed E-state index contributed by atoms with van der Waals surface area (Å²) in [5.41, 5.74) is 2.72. The number of hydrogen-bond donors (Lipinski definition) is 1. The normalized spacial score (nSPS) is 35.3. The number of halogens is 1. The number of carbonyl (C=O) groups is 3. The molecule has 5 aliphatic rings. The average molecular weight is 429 g/mol. The van der Waals surface area contributed by atoms with Gasteiger partial charge in [-0.2, -0.15) is 0 Å². The van der Waals surface area contributed by atoms with Crippen LogP contribution in [0.3, 0.4) is 0 Å². The molecule has 4 aliphatic carbocycles. The van der Waals surface area contributed by atoms with E-state index in [9.17, 15) is 14.4 Å². The van der Waals surface area contributed by atoms with Crippen LogP contribution in [0.5, 0.6) is 0 Å². The van der Waals surface area contributed by atoms with E-state index in [0.717, 1.165) is 22.0 Å². The van der Waals surface area contributed by atoms with E-state index in [1.165, 1.54) is 4.90 Å². The van der Waals surface area contributed by atoms with Crippen molar-refractivity contribution in [3.05, 3.63) is 39.9 Å². The smallest absolute Gasteiger partial charge is 0.244 e. The van der Waals surface area contributed by atoms with Gasteiger partial charge in [0.05, 0.1) is 11.8 Å². The van der Waals surface area contributed by atoms with Crippen LogP contribution in [-0.2, 0) is 14.4 Å². The van der Waals surface area contributed by atoms with Crippen LogP contribution in [0.1, 0.15) is 17.5 Å². The van der Waals surface area contributed by atoms with Gasteiger partial charge in [-0.25, -0.2) is 0 Å². The number of nitrogens with one attached hydrogen (secondary N) is 1. The van der Waals surface area contributed by atoms with Crippen LogP contribution in [0, 0.1) is 49.4 Å². The summed E-state index contributed by atoms with van der Waals surface area (Å²) in [6.45, 7) is 3.71. The number of likely N-dealkylation sites (tertiary alicyclic amines) is 1. The van der Waals surface area contributed by atoms with Gasteiger partial charge in [0, 0.05) is 10.2 Å². The van der Waals surface area contributed by atoms with Crippen LogP contribution in [0.2, 0.25) is 0 Å². The van der Waals surface area contributed by atoms with Crippen molar-refractivity contribution in [2.45, 2.75) is 20.3 Å². The molecule has 2 saturated carbocycles. The lowest BCUT2D eigenvalue weighted by atomic mass is 9.63. The molecule has 5 nitrogen and oxygen atoms in total. The summed E-state index contributed by atoms with van der Waals surface area (Å²) >= 11 is 3.48. The van der Waals surface area contributed by atoms with Crippen LogP contribution in [0.15, 0.2) is 28.8 Å². The lowest BCUT2D eigenvalue weighted by Gasteiger charge is -2.37. The van der Waals surface area contributed by atoms with Crippen molar-refractivity contribution in [2.24, 2.45) is 35.5 Å². The van der Waals surface area contributed by atoms with Crippen LogP contribution >= 0.6 is 15.9 Å². The number of anilines is 1. The fourth-order valence-corrected chi connectivity index (χ4v) is 5.86. The first kappa shape index (κ1) is 17.2. The van der Waals surface area contributed by atoms with Gasteiger partial charge >= 0.3 is 0 Å². The van der Waals surface area contributed by atoms with Gasteiger partial charge in [-0.3, -0.25) is 19.3 Å². The van der Waals surface area contributed by atoms with Crippen LogP contribution < -0.4 is 5.32 Å². The fourth-order valence-electron chi connectivity index (χ4n) is 5.43. The van der Waals surface area contributed by atoms with Gasteiger partial charge in [-0.1, -0.05) is 28.1 Å². The Labute approximate surface area is 166 Å². The first-order valence-corrected chi connectivity index (χ1v) is 10.3. The van der Waals surface area contributed by atoms with Gasteiger partial charge in [0.15, 0.2) is 0 Å². The molecular weight excluding hydrogens is 408 g/mol. The van der Waals surface area contributed by atoms with E-state index in [-0.39, 0.29) is 47.9 Å². The monoisotopic (exact) mass is 428 g/mol. The van der Waals surface area contributed by atoms with Crippen LogP contribution in [-0.4, -0.2) is 29.2 Å². The van der Waals surface area contributed by atoms with Crippen LogP contribution in [0.4, 0.5) is 5.69 Å². The zero-order chi connectivity index (χ0) is 19.0. The first-order valence-electron chi connectivity index (χ1n) is 9.47. The summed E-state index contributed by atoms with van der Waals surface area (Å²) in [6, 6.07) is 3.71. The molecule has 27 heavy (non-hydrogen) atoms. The molecule has 6 rings (SSSR count). The number of imide groups is 1. The topological polar surface area (TPSA) is 66.5 Å². The second-order valence-corrected chi connectivity index (χ2v) is 9.16. The molecule has 0 spiro atoms. The van der Waals surface area contributed by atoms with E-state index in [2.05, 4.69) is 33.4 Å². The highest BCUT2D eigenvalue weighted by molar-refractivity contribution is 9.10. The molecule has 1 heterocycles. The van der Waals surface area contributed by atoms with Gasteiger partial charge < -0.3 is 5.32 Å². The number of benzene rings is 1. The van der Waals surface area contributed by atoms with Gasteiger partial charge in [0.2, 0.25) is 17.7 Å². The van der Waals surface area contributed by atoms with Crippen LogP contribution in [0.25, 0.3) is 0 Å². The van der Waals surface area contributed by atoms with Crippen molar-refractivity contribution in [1.29, 1.82) is 0 Å². The third kappa shape index (κ3) is 2.38. The summed E-state index contributed by atoms with van der Waals surface area (Å²) in [7, 11) is 0. The number of amides is 3. The van der Waals surface area contributed by atoms with Crippen molar-refractivity contribution >= 4 is 39.3 Å². The average Bonchev–Trinajstić information content (AvgIpc) is 3.43. The Hall–Kier alpha value is -1.95. The summed E-state index contributed by atoms with van der Waals surface area (Å²) in [6.07, 6.45) is 5.42. The second kappa shape index (κ2) is 5.77. The maximum atomic E-state index is 12.9. The summed E-state index contributed by atoms with van der Waals surface area (Å²) in [5.74, 6) is 0.367. The predicted octanol–water partition coefficient (Wildman–Crippen LogP) is 3.06. The summed E-state index contributed by atoms with van der Waals surface area (Å²) in [5, 5.41) is 2.86. The Bertz CT molecular complexity index is 888. The fraction of sp³-hybridized carbons (Fsp3) is 0.476. The Morgan fingerprint density at radius 2 is 1.67 bits per heavy atom. The van der Waals surface area contributed by atoms with E-state index in [4.69, 9.17) is 0 Å². The molecule has 6 atom stereocenters. The van der Waals surface area contributed by atoms with E-state index in [1.807, 2.05) is 26.0 Å². The molecule has 0 radical (unpaired) electrons. The quantitative estimate of drug-likeness (QED) is 0.594. The van der Waals surface area contributed by atoms with E-state index in [1.54, 1.807) is 0 Å². The molecular formula is C21H21BrN2O3. The van der Waals surface area contributed by atoms with Crippen molar-refractivity contribution in [3.63, 3.8) is 0 Å². The maximum absolute atomic E-state index is 12.9. The molecule has 6 heteroatoms. The largest absolute Gasteiger partial charge is 0.324 e. The van der Waals surface area contributed by atoms with Crippen molar-refractivity contribution in [2.75, 3.05) is 11.9 Å². The Kier molecular flexibility index (Phi) is 3.67. The van der Waals surface area contributed by atoms with Gasteiger partial charge in [0.25, 0.3) is 0 Å². The zero-order valence-corrected chi connectivity index (χ0v) is 16.8. The van der Waals surface area contributed by atoms with Crippen molar-refractivity contribution in [1.82, 2.24) is 4.90 Å². The Morgan fingerprint density at radius 1 is 1.07 bits per heavy atom. The van der Waals surface area contributed by atoms with Gasteiger partial charge in [0.1, 0.15) is 6.54 Å². The molecule has 140 valence electrons. The molecule has 1 aromatic carbocycles. The Morgan fingerprint density at radius 3 is 2.26 bits per heavy atom. The molecule has 1 saturated heterocycles. The molecule has 0 aromatic heterocycles. The third-order valence-electron chi connectivity index (χ3n) is 7.05. The minimum absolute atomic E-state index is 0.159.